The smallest absolute Gasteiger partial charge is 0.0702 e. The summed E-state index contributed by atoms with van der Waals surface area (Å²) in [7, 11) is 2.00. The third-order valence-electron chi connectivity index (χ3n) is 3.83. The quantitative estimate of drug-likeness (QED) is 0.781. The van der Waals surface area contributed by atoms with Crippen molar-refractivity contribution in [3.63, 3.8) is 0 Å². The Morgan fingerprint density at radius 1 is 1.29 bits per heavy atom. The van der Waals surface area contributed by atoms with Crippen molar-refractivity contribution < 1.29 is 0 Å². The third-order valence-corrected chi connectivity index (χ3v) is 3.83. The van der Waals surface area contributed by atoms with Crippen molar-refractivity contribution in [3.05, 3.63) is 60.0 Å². The number of nitrogens with one attached hydrogen (secondary N) is 1. The summed E-state index contributed by atoms with van der Waals surface area (Å²) in [5.41, 5.74) is 3.57. The molecule has 0 spiro atoms. The van der Waals surface area contributed by atoms with Crippen molar-refractivity contribution in [3.8, 4) is 0 Å². The monoisotopic (exact) mass is 280 g/mol. The van der Waals surface area contributed by atoms with Gasteiger partial charge in [-0.2, -0.15) is 5.10 Å². The third kappa shape index (κ3) is 2.95. The van der Waals surface area contributed by atoms with E-state index in [1.165, 1.54) is 16.5 Å². The normalized spacial score (nSPS) is 12.7. The van der Waals surface area contributed by atoms with Crippen LogP contribution in [0.15, 0.2) is 48.9 Å². The lowest BCUT2D eigenvalue weighted by Crippen LogP contribution is -2.18. The van der Waals surface area contributed by atoms with E-state index >= 15 is 0 Å². The molecule has 2 aromatic heterocycles. The van der Waals surface area contributed by atoms with Crippen LogP contribution in [0.1, 0.15) is 24.1 Å². The molecule has 0 fully saturated rings. The molecule has 0 aliphatic carbocycles. The van der Waals surface area contributed by atoms with Gasteiger partial charge in [-0.3, -0.25) is 9.67 Å². The van der Waals surface area contributed by atoms with Gasteiger partial charge in [-0.15, -0.1) is 0 Å². The Hall–Kier alpha value is -2.20. The number of pyridine rings is 1. The minimum Gasteiger partial charge on any atom is -0.313 e. The standard InChI is InChI=1S/C17H20N4/c1-3-21-12-13(11-20-21)9-17(18-2)15-6-7-16-14(10-15)5-4-8-19-16/h4-8,10-12,17-18H,3,9H2,1-2H3. The molecule has 3 aromatic rings. The summed E-state index contributed by atoms with van der Waals surface area (Å²) in [6.45, 7) is 3.01. The highest BCUT2D eigenvalue weighted by Crippen LogP contribution is 2.22. The first kappa shape index (κ1) is 13.8. The van der Waals surface area contributed by atoms with Gasteiger partial charge in [-0.1, -0.05) is 12.1 Å². The molecular formula is C17H20N4. The summed E-state index contributed by atoms with van der Waals surface area (Å²) in [6.07, 6.45) is 6.84. The number of aryl methyl sites for hydroxylation is 1. The lowest BCUT2D eigenvalue weighted by atomic mass is 9.99. The maximum atomic E-state index is 4.37. The van der Waals surface area contributed by atoms with Crippen LogP contribution in [0.4, 0.5) is 0 Å². The fourth-order valence-electron chi connectivity index (χ4n) is 2.62. The van der Waals surface area contributed by atoms with E-state index in [1.807, 2.05) is 30.2 Å². The van der Waals surface area contributed by atoms with Crippen LogP contribution in [0.5, 0.6) is 0 Å². The van der Waals surface area contributed by atoms with Crippen LogP contribution in [0.25, 0.3) is 10.9 Å². The number of rotatable bonds is 5. The van der Waals surface area contributed by atoms with Gasteiger partial charge >= 0.3 is 0 Å². The van der Waals surface area contributed by atoms with Crippen molar-refractivity contribution in [2.45, 2.75) is 25.9 Å². The van der Waals surface area contributed by atoms with E-state index in [0.29, 0.717) is 0 Å². The van der Waals surface area contributed by atoms with Gasteiger partial charge in [0, 0.05) is 30.4 Å². The molecule has 0 amide bonds. The molecule has 21 heavy (non-hydrogen) atoms. The molecule has 1 atom stereocenters. The second-order valence-corrected chi connectivity index (χ2v) is 5.21. The van der Waals surface area contributed by atoms with E-state index in [0.717, 1.165) is 18.5 Å². The van der Waals surface area contributed by atoms with Crippen LogP contribution in [0.3, 0.4) is 0 Å². The number of fused-ring (bicyclic) bond motifs is 1. The molecule has 0 radical (unpaired) electrons. The zero-order chi connectivity index (χ0) is 14.7. The van der Waals surface area contributed by atoms with Gasteiger partial charge < -0.3 is 5.32 Å². The lowest BCUT2D eigenvalue weighted by molar-refractivity contribution is 0.591. The Morgan fingerprint density at radius 2 is 2.19 bits per heavy atom. The summed E-state index contributed by atoms with van der Waals surface area (Å²) in [4.78, 5) is 4.37. The minimum atomic E-state index is 0.282. The van der Waals surface area contributed by atoms with E-state index in [1.54, 1.807) is 0 Å². The molecule has 0 aliphatic rings. The molecule has 0 saturated carbocycles. The van der Waals surface area contributed by atoms with Gasteiger partial charge in [0.2, 0.25) is 0 Å². The summed E-state index contributed by atoms with van der Waals surface area (Å²) >= 11 is 0. The van der Waals surface area contributed by atoms with E-state index in [4.69, 9.17) is 0 Å². The van der Waals surface area contributed by atoms with Crippen molar-refractivity contribution in [2.24, 2.45) is 0 Å². The number of hydrogen-bond acceptors (Lipinski definition) is 3. The van der Waals surface area contributed by atoms with Crippen LogP contribution in [-0.4, -0.2) is 21.8 Å². The Labute approximate surface area is 124 Å². The molecule has 3 rings (SSSR count). The summed E-state index contributed by atoms with van der Waals surface area (Å²) in [5, 5.41) is 8.93. The first-order valence-corrected chi connectivity index (χ1v) is 7.33. The van der Waals surface area contributed by atoms with E-state index in [-0.39, 0.29) is 6.04 Å². The van der Waals surface area contributed by atoms with Crippen LogP contribution in [-0.2, 0) is 13.0 Å². The van der Waals surface area contributed by atoms with Crippen molar-refractivity contribution in [1.82, 2.24) is 20.1 Å². The van der Waals surface area contributed by atoms with Gasteiger partial charge in [0.1, 0.15) is 0 Å². The van der Waals surface area contributed by atoms with Crippen molar-refractivity contribution in [1.29, 1.82) is 0 Å². The maximum Gasteiger partial charge on any atom is 0.0702 e. The van der Waals surface area contributed by atoms with Gasteiger partial charge in [-0.25, -0.2) is 0 Å². The zero-order valence-electron chi connectivity index (χ0n) is 12.5. The Kier molecular flexibility index (Phi) is 3.97. The Bertz CT molecular complexity index is 732. The number of nitrogens with zero attached hydrogens (tertiary/aromatic N) is 3. The van der Waals surface area contributed by atoms with E-state index in [2.05, 4.69) is 52.8 Å². The summed E-state index contributed by atoms with van der Waals surface area (Å²) in [6, 6.07) is 10.8. The lowest BCUT2D eigenvalue weighted by Gasteiger charge is -2.16. The first-order chi connectivity index (χ1) is 10.3. The van der Waals surface area contributed by atoms with Gasteiger partial charge in [0.05, 0.1) is 11.7 Å². The number of hydrogen-bond donors (Lipinski definition) is 1. The summed E-state index contributed by atoms with van der Waals surface area (Å²) in [5.74, 6) is 0. The van der Waals surface area contributed by atoms with Crippen LogP contribution in [0.2, 0.25) is 0 Å². The first-order valence-electron chi connectivity index (χ1n) is 7.33. The van der Waals surface area contributed by atoms with Gasteiger partial charge in [0.25, 0.3) is 0 Å². The number of aromatic nitrogens is 3. The van der Waals surface area contributed by atoms with Crippen molar-refractivity contribution in [2.75, 3.05) is 7.05 Å². The molecule has 0 saturated heterocycles. The molecule has 2 heterocycles. The average molecular weight is 280 g/mol. The molecule has 108 valence electrons. The second-order valence-electron chi connectivity index (χ2n) is 5.21. The molecule has 4 heteroatoms. The SMILES string of the molecule is CCn1cc(CC(NC)c2ccc3ncccc3c2)cn1. The molecular weight excluding hydrogens is 260 g/mol. The van der Waals surface area contributed by atoms with Crippen molar-refractivity contribution >= 4 is 10.9 Å². The highest BCUT2D eigenvalue weighted by Gasteiger charge is 2.12. The van der Waals surface area contributed by atoms with E-state index in [9.17, 15) is 0 Å². The fraction of sp³-hybridized carbons (Fsp3) is 0.294. The Balaban J connectivity index is 1.86. The number of benzene rings is 1. The number of likely N-dealkylation sites (N-methyl/N-ethyl adjacent to an activating group) is 1. The Morgan fingerprint density at radius 3 is 2.95 bits per heavy atom. The van der Waals surface area contributed by atoms with Crippen LogP contribution < -0.4 is 5.32 Å². The van der Waals surface area contributed by atoms with Crippen LogP contribution in [0, 0.1) is 0 Å². The topological polar surface area (TPSA) is 42.7 Å². The highest BCUT2D eigenvalue weighted by molar-refractivity contribution is 5.79. The predicted molar refractivity (Wildman–Crippen MR) is 85.1 cm³/mol. The largest absolute Gasteiger partial charge is 0.313 e. The molecule has 1 unspecified atom stereocenters. The highest BCUT2D eigenvalue weighted by atomic mass is 15.3. The van der Waals surface area contributed by atoms with Gasteiger partial charge in [0.15, 0.2) is 0 Å². The summed E-state index contributed by atoms with van der Waals surface area (Å²) < 4.78 is 1.96. The minimum absolute atomic E-state index is 0.282. The second kappa shape index (κ2) is 6.06. The fourth-order valence-corrected chi connectivity index (χ4v) is 2.62. The molecule has 0 bridgehead atoms. The molecule has 1 N–H and O–H groups in total. The maximum absolute atomic E-state index is 4.37. The van der Waals surface area contributed by atoms with E-state index < -0.39 is 0 Å². The van der Waals surface area contributed by atoms with Crippen LogP contribution >= 0.6 is 0 Å². The molecule has 4 nitrogen and oxygen atoms in total. The van der Waals surface area contributed by atoms with Gasteiger partial charge in [-0.05, 0) is 49.7 Å². The molecule has 0 aliphatic heterocycles. The zero-order valence-corrected chi connectivity index (χ0v) is 12.5. The average Bonchev–Trinajstić information content (AvgIpc) is 3.00. The molecule has 1 aromatic carbocycles. The predicted octanol–water partition coefficient (Wildman–Crippen LogP) is 2.95.